The summed E-state index contributed by atoms with van der Waals surface area (Å²) >= 11 is 0. The minimum absolute atomic E-state index is 0.329. The van der Waals surface area contributed by atoms with Crippen LogP contribution in [0.1, 0.15) is 25.7 Å². The summed E-state index contributed by atoms with van der Waals surface area (Å²) in [5, 5.41) is 5.37. The molecule has 5 heterocycles. The van der Waals surface area contributed by atoms with Crippen LogP contribution in [0.5, 0.6) is 0 Å². The van der Waals surface area contributed by atoms with Crippen molar-refractivity contribution in [2.24, 2.45) is 7.05 Å². The molecule has 0 radical (unpaired) electrons. The molecule has 0 fully saturated rings. The van der Waals surface area contributed by atoms with Gasteiger partial charge in [0.15, 0.2) is 0 Å². The second-order valence-corrected chi connectivity index (χ2v) is 7.37. The lowest BCUT2D eigenvalue weighted by molar-refractivity contribution is 0.600. The molecule has 28 heavy (non-hydrogen) atoms. The van der Waals surface area contributed by atoms with Crippen LogP contribution >= 0.6 is 0 Å². The van der Waals surface area contributed by atoms with E-state index in [1.807, 2.05) is 55.7 Å². The number of rotatable bonds is 3. The molecule has 7 nitrogen and oxygen atoms in total. The van der Waals surface area contributed by atoms with E-state index in [1.165, 1.54) is 0 Å². The van der Waals surface area contributed by atoms with Crippen molar-refractivity contribution in [3.05, 3.63) is 48.9 Å². The van der Waals surface area contributed by atoms with Crippen molar-refractivity contribution in [1.82, 2.24) is 34.3 Å². The Balaban J connectivity index is 1.77. The Bertz CT molecular complexity index is 1320. The van der Waals surface area contributed by atoms with Crippen LogP contribution in [0.4, 0.5) is 0 Å². The topological polar surface area (TPSA) is 77.2 Å². The number of aromatic amines is 1. The summed E-state index contributed by atoms with van der Waals surface area (Å²) in [6.07, 6.45) is 9.54. The van der Waals surface area contributed by atoms with E-state index in [-0.39, 0.29) is 0 Å². The van der Waals surface area contributed by atoms with E-state index in [4.69, 9.17) is 4.98 Å². The molecule has 0 amide bonds. The van der Waals surface area contributed by atoms with Crippen LogP contribution in [0.3, 0.4) is 0 Å². The van der Waals surface area contributed by atoms with Gasteiger partial charge in [-0.2, -0.15) is 5.10 Å². The molecule has 5 aromatic rings. The number of fused-ring (bicyclic) bond motifs is 2. The van der Waals surface area contributed by atoms with E-state index < -0.39 is 0 Å². The number of hydrogen-bond acceptors (Lipinski definition) is 4. The molecule has 0 aliphatic heterocycles. The number of hydrogen-bond donors (Lipinski definition) is 1. The Hall–Kier alpha value is -3.48. The number of nitrogens with zero attached hydrogens (tertiary/aromatic N) is 6. The van der Waals surface area contributed by atoms with E-state index in [0.717, 1.165) is 50.3 Å². The van der Waals surface area contributed by atoms with Crippen LogP contribution in [0.15, 0.2) is 43.1 Å². The third-order valence-corrected chi connectivity index (χ3v) is 5.13. The van der Waals surface area contributed by atoms with Gasteiger partial charge in [0.2, 0.25) is 0 Å². The predicted octanol–water partition coefficient (Wildman–Crippen LogP) is 4.26. The summed E-state index contributed by atoms with van der Waals surface area (Å²) in [7, 11) is 1.92. The fourth-order valence-electron chi connectivity index (χ4n) is 3.98. The predicted molar refractivity (Wildman–Crippen MR) is 110 cm³/mol. The van der Waals surface area contributed by atoms with Crippen molar-refractivity contribution < 1.29 is 0 Å². The molecule has 5 rings (SSSR count). The minimum atomic E-state index is 0.329. The summed E-state index contributed by atoms with van der Waals surface area (Å²) < 4.78 is 4.05. The largest absolute Gasteiger partial charge is 0.345 e. The van der Waals surface area contributed by atoms with Gasteiger partial charge in [0.1, 0.15) is 17.0 Å². The van der Waals surface area contributed by atoms with Gasteiger partial charge in [0.05, 0.1) is 23.6 Å². The van der Waals surface area contributed by atoms with Crippen molar-refractivity contribution in [2.45, 2.75) is 26.8 Å². The Kier molecular flexibility index (Phi) is 3.58. The molecular formula is C21H21N7. The maximum atomic E-state index is 4.71. The Morgan fingerprint density at radius 1 is 1.11 bits per heavy atom. The van der Waals surface area contributed by atoms with Gasteiger partial charge in [-0.25, -0.2) is 9.97 Å². The first kappa shape index (κ1) is 16.7. The molecule has 0 unspecified atom stereocenters. The second kappa shape index (κ2) is 6.02. The molecule has 5 aromatic heterocycles. The van der Waals surface area contributed by atoms with Crippen LogP contribution in [-0.4, -0.2) is 34.3 Å². The van der Waals surface area contributed by atoms with Gasteiger partial charge < -0.3 is 9.55 Å². The average Bonchev–Trinajstić information content (AvgIpc) is 3.36. The van der Waals surface area contributed by atoms with Crippen molar-refractivity contribution in [2.75, 3.05) is 0 Å². The van der Waals surface area contributed by atoms with Crippen molar-refractivity contribution in [3.63, 3.8) is 0 Å². The van der Waals surface area contributed by atoms with Gasteiger partial charge >= 0.3 is 0 Å². The average molecular weight is 371 g/mol. The number of H-pyrrole nitrogens is 1. The van der Waals surface area contributed by atoms with Gasteiger partial charge in [-0.1, -0.05) is 0 Å². The highest BCUT2D eigenvalue weighted by molar-refractivity contribution is 6.03. The molecule has 7 heteroatoms. The lowest BCUT2D eigenvalue weighted by Gasteiger charge is -2.11. The second-order valence-electron chi connectivity index (χ2n) is 7.37. The van der Waals surface area contributed by atoms with Gasteiger partial charge in [0, 0.05) is 48.2 Å². The molecule has 0 aliphatic rings. The van der Waals surface area contributed by atoms with Crippen molar-refractivity contribution in [1.29, 1.82) is 0 Å². The SMILES string of the molecule is Cc1nc2cnc(-c3c[nH]c4nccc(-c5cnn(C)c5)c34)cc2n1C(C)C. The summed E-state index contributed by atoms with van der Waals surface area (Å²) in [5.74, 6) is 1.00. The van der Waals surface area contributed by atoms with Crippen LogP contribution in [0, 0.1) is 6.92 Å². The highest BCUT2D eigenvalue weighted by atomic mass is 15.2. The first-order chi connectivity index (χ1) is 13.5. The zero-order valence-electron chi connectivity index (χ0n) is 16.3. The quantitative estimate of drug-likeness (QED) is 0.514. The third kappa shape index (κ3) is 2.43. The van der Waals surface area contributed by atoms with E-state index in [9.17, 15) is 0 Å². The Labute approximate surface area is 162 Å². The lowest BCUT2D eigenvalue weighted by Crippen LogP contribution is -2.02. The highest BCUT2D eigenvalue weighted by Gasteiger charge is 2.17. The zero-order chi connectivity index (χ0) is 19.4. The molecule has 140 valence electrons. The van der Waals surface area contributed by atoms with Crippen LogP contribution < -0.4 is 0 Å². The van der Waals surface area contributed by atoms with E-state index in [2.05, 4.69) is 44.5 Å². The molecule has 0 aliphatic carbocycles. The van der Waals surface area contributed by atoms with Crippen molar-refractivity contribution >= 4 is 22.1 Å². The highest BCUT2D eigenvalue weighted by Crippen LogP contribution is 2.35. The fourth-order valence-corrected chi connectivity index (χ4v) is 3.98. The molecule has 0 spiro atoms. The Morgan fingerprint density at radius 3 is 2.71 bits per heavy atom. The molecule has 1 N–H and O–H groups in total. The van der Waals surface area contributed by atoms with Gasteiger partial charge in [-0.15, -0.1) is 0 Å². The molecule has 0 saturated carbocycles. The maximum Gasteiger partial charge on any atom is 0.138 e. The molecule has 0 aromatic carbocycles. The molecule has 0 saturated heterocycles. The lowest BCUT2D eigenvalue weighted by atomic mass is 10.0. The van der Waals surface area contributed by atoms with Gasteiger partial charge in [-0.3, -0.25) is 9.67 Å². The summed E-state index contributed by atoms with van der Waals surface area (Å²) in [6, 6.07) is 4.48. The van der Waals surface area contributed by atoms with E-state index in [0.29, 0.717) is 6.04 Å². The summed E-state index contributed by atoms with van der Waals surface area (Å²) in [5.41, 5.74) is 6.92. The summed E-state index contributed by atoms with van der Waals surface area (Å²) in [4.78, 5) is 17.2. The number of aromatic nitrogens is 7. The third-order valence-electron chi connectivity index (χ3n) is 5.13. The minimum Gasteiger partial charge on any atom is -0.345 e. The molecular weight excluding hydrogens is 350 g/mol. The van der Waals surface area contributed by atoms with Crippen LogP contribution in [-0.2, 0) is 7.05 Å². The fraction of sp³-hybridized carbons (Fsp3) is 0.238. The van der Waals surface area contributed by atoms with E-state index in [1.54, 1.807) is 0 Å². The molecule has 0 bridgehead atoms. The van der Waals surface area contributed by atoms with Crippen LogP contribution in [0.2, 0.25) is 0 Å². The number of nitrogens with one attached hydrogen (secondary N) is 1. The standard InChI is InChI=1S/C21H21N7/c1-12(2)28-13(3)26-18-10-23-17(7-19(18)28)16-9-24-21-20(16)15(5-6-22-21)14-8-25-27(4)11-14/h5-12H,1-4H3,(H,22,24). The first-order valence-corrected chi connectivity index (χ1v) is 9.33. The smallest absolute Gasteiger partial charge is 0.138 e. The maximum absolute atomic E-state index is 4.71. The summed E-state index contributed by atoms with van der Waals surface area (Å²) in [6.45, 7) is 6.38. The Morgan fingerprint density at radius 2 is 1.96 bits per heavy atom. The van der Waals surface area contributed by atoms with Gasteiger partial charge in [-0.05, 0) is 38.5 Å². The number of imidazole rings is 1. The zero-order valence-corrected chi connectivity index (χ0v) is 16.3. The monoisotopic (exact) mass is 371 g/mol. The first-order valence-electron chi connectivity index (χ1n) is 9.33. The van der Waals surface area contributed by atoms with Crippen molar-refractivity contribution in [3.8, 4) is 22.4 Å². The van der Waals surface area contributed by atoms with E-state index >= 15 is 0 Å². The molecule has 0 atom stereocenters. The number of pyridine rings is 2. The van der Waals surface area contributed by atoms with Gasteiger partial charge in [0.25, 0.3) is 0 Å². The van der Waals surface area contributed by atoms with Crippen LogP contribution in [0.25, 0.3) is 44.5 Å². The normalized spacial score (nSPS) is 11.9. The number of aryl methyl sites for hydroxylation is 2.